The molecule has 0 aliphatic carbocycles. The molecule has 0 saturated carbocycles. The van der Waals surface area contributed by atoms with Crippen LogP contribution in [0.4, 0.5) is 11.6 Å². The Morgan fingerprint density at radius 2 is 2.11 bits per heavy atom. The Morgan fingerprint density at radius 1 is 1.36 bits per heavy atom. The van der Waals surface area contributed by atoms with E-state index in [1.165, 1.54) is 19.4 Å². The number of amides is 2. The minimum absolute atomic E-state index is 0.0287. The summed E-state index contributed by atoms with van der Waals surface area (Å²) < 4.78 is 5.09. The lowest BCUT2D eigenvalue weighted by Crippen LogP contribution is -2.31. The van der Waals surface area contributed by atoms with Crippen molar-refractivity contribution in [2.24, 2.45) is 0 Å². The molecule has 1 saturated heterocycles. The van der Waals surface area contributed by atoms with Gasteiger partial charge in [0.2, 0.25) is 17.7 Å². The second-order valence-electron chi connectivity index (χ2n) is 6.20. The smallest absolute Gasteiger partial charge is 0.253 e. The van der Waals surface area contributed by atoms with Gasteiger partial charge in [0, 0.05) is 30.4 Å². The molecule has 3 rings (SSSR count). The summed E-state index contributed by atoms with van der Waals surface area (Å²) in [6, 6.07) is 6.79. The molecular weight excluding hydrogens is 382 g/mol. The Kier molecular flexibility index (Phi) is 6.10. The minimum atomic E-state index is -0.298. The van der Waals surface area contributed by atoms with Gasteiger partial charge in [0.1, 0.15) is 5.02 Å². The molecule has 1 fully saturated rings. The second-order valence-corrected chi connectivity index (χ2v) is 6.61. The van der Waals surface area contributed by atoms with E-state index in [0.717, 1.165) is 6.42 Å². The molecule has 146 valence electrons. The van der Waals surface area contributed by atoms with Crippen LogP contribution >= 0.6 is 11.6 Å². The Labute approximate surface area is 167 Å². The zero-order valence-electron chi connectivity index (χ0n) is 15.3. The van der Waals surface area contributed by atoms with Crippen LogP contribution in [-0.4, -0.2) is 52.9 Å². The highest BCUT2D eigenvalue weighted by atomic mass is 35.5. The van der Waals surface area contributed by atoms with E-state index in [-0.39, 0.29) is 17.9 Å². The Balaban J connectivity index is 1.59. The lowest BCUT2D eigenvalue weighted by Gasteiger charge is -2.17. The molecule has 8 nitrogen and oxygen atoms in total. The van der Waals surface area contributed by atoms with Crippen LogP contribution in [0.25, 0.3) is 0 Å². The molecule has 0 spiro atoms. The fraction of sp³-hybridized carbons (Fsp3) is 0.263. The molecule has 9 heteroatoms. The maximum atomic E-state index is 12.7. The zero-order chi connectivity index (χ0) is 20.1. The van der Waals surface area contributed by atoms with Crippen molar-refractivity contribution < 1.29 is 14.3 Å². The first-order chi connectivity index (χ1) is 13.5. The number of nitrogens with one attached hydrogen (secondary N) is 2. The van der Waals surface area contributed by atoms with Gasteiger partial charge in [-0.2, -0.15) is 4.98 Å². The molecule has 1 aromatic heterocycles. The van der Waals surface area contributed by atoms with Crippen LogP contribution in [0.15, 0.2) is 43.1 Å². The largest absolute Gasteiger partial charge is 0.480 e. The molecule has 28 heavy (non-hydrogen) atoms. The molecule has 0 radical (unpaired) electrons. The van der Waals surface area contributed by atoms with E-state index in [1.54, 1.807) is 29.2 Å². The number of rotatable bonds is 6. The number of halogens is 1. The maximum absolute atomic E-state index is 12.7. The average molecular weight is 402 g/mol. The first kappa shape index (κ1) is 19.6. The van der Waals surface area contributed by atoms with Gasteiger partial charge in [-0.1, -0.05) is 18.2 Å². The molecule has 2 N–H and O–H groups in total. The van der Waals surface area contributed by atoms with E-state index in [9.17, 15) is 9.59 Å². The predicted octanol–water partition coefficient (Wildman–Crippen LogP) is 2.59. The number of carbonyl (C=O) groups excluding carboxylic acids is 2. The van der Waals surface area contributed by atoms with E-state index in [2.05, 4.69) is 27.2 Å². The van der Waals surface area contributed by atoms with Crippen LogP contribution in [0.2, 0.25) is 5.02 Å². The summed E-state index contributed by atoms with van der Waals surface area (Å²) in [4.78, 5) is 34.1. The Hall–Kier alpha value is -3.13. The van der Waals surface area contributed by atoms with Crippen molar-refractivity contribution in [3.63, 3.8) is 0 Å². The van der Waals surface area contributed by atoms with Crippen molar-refractivity contribution >= 4 is 35.1 Å². The fourth-order valence-electron chi connectivity index (χ4n) is 2.88. The number of methoxy groups -OCH3 is 1. The number of hydrogen-bond acceptors (Lipinski definition) is 6. The van der Waals surface area contributed by atoms with Gasteiger partial charge in [0.05, 0.1) is 13.3 Å². The lowest BCUT2D eigenvalue weighted by molar-refractivity contribution is -0.111. The average Bonchev–Trinajstić information content (AvgIpc) is 3.17. The SMILES string of the molecule is C=CC(=O)Nc1ccc(C(=O)N2CC[C@@H](Nc3ncc(Cl)c(OC)n3)C2)cc1. The Bertz CT molecular complexity index is 888. The normalized spacial score (nSPS) is 15.8. The number of carbonyl (C=O) groups is 2. The van der Waals surface area contributed by atoms with Crippen molar-refractivity contribution in [1.29, 1.82) is 0 Å². The van der Waals surface area contributed by atoms with Gasteiger partial charge in [0.25, 0.3) is 5.91 Å². The summed E-state index contributed by atoms with van der Waals surface area (Å²) in [5, 5.41) is 6.19. The van der Waals surface area contributed by atoms with Crippen LogP contribution in [-0.2, 0) is 4.79 Å². The minimum Gasteiger partial charge on any atom is -0.480 e. The van der Waals surface area contributed by atoms with Crippen LogP contribution < -0.4 is 15.4 Å². The summed E-state index contributed by atoms with van der Waals surface area (Å²) in [5.41, 5.74) is 1.16. The first-order valence-electron chi connectivity index (χ1n) is 8.66. The molecule has 0 unspecified atom stereocenters. The summed E-state index contributed by atoms with van der Waals surface area (Å²) >= 11 is 5.93. The first-order valence-corrected chi connectivity index (χ1v) is 9.03. The maximum Gasteiger partial charge on any atom is 0.253 e. The van der Waals surface area contributed by atoms with E-state index in [1.807, 2.05) is 0 Å². The molecule has 1 atom stereocenters. The summed E-state index contributed by atoms with van der Waals surface area (Å²) in [6.07, 6.45) is 3.43. The third-order valence-electron chi connectivity index (χ3n) is 4.30. The van der Waals surface area contributed by atoms with Crippen molar-refractivity contribution in [3.8, 4) is 5.88 Å². The van der Waals surface area contributed by atoms with E-state index < -0.39 is 0 Å². The fourth-order valence-corrected chi connectivity index (χ4v) is 3.05. The lowest BCUT2D eigenvalue weighted by atomic mass is 10.2. The number of benzene rings is 1. The molecule has 2 heterocycles. The topological polar surface area (TPSA) is 96.5 Å². The molecule has 1 aromatic carbocycles. The van der Waals surface area contributed by atoms with Gasteiger partial charge in [-0.3, -0.25) is 9.59 Å². The number of likely N-dealkylation sites (tertiary alicyclic amines) is 1. The highest BCUT2D eigenvalue weighted by Crippen LogP contribution is 2.23. The summed E-state index contributed by atoms with van der Waals surface area (Å²) in [5.74, 6) is 0.339. The molecule has 1 aliphatic rings. The van der Waals surface area contributed by atoms with Crippen LogP contribution in [0.5, 0.6) is 5.88 Å². The van der Waals surface area contributed by atoms with Crippen LogP contribution in [0, 0.1) is 0 Å². The van der Waals surface area contributed by atoms with E-state index in [0.29, 0.717) is 41.2 Å². The van der Waals surface area contributed by atoms with Crippen molar-refractivity contribution in [3.05, 3.63) is 53.7 Å². The number of nitrogens with zero attached hydrogens (tertiary/aromatic N) is 3. The number of aromatic nitrogens is 2. The predicted molar refractivity (Wildman–Crippen MR) is 107 cm³/mol. The number of anilines is 2. The monoisotopic (exact) mass is 401 g/mol. The summed E-state index contributed by atoms with van der Waals surface area (Å²) in [7, 11) is 1.49. The van der Waals surface area contributed by atoms with Crippen molar-refractivity contribution in [1.82, 2.24) is 14.9 Å². The van der Waals surface area contributed by atoms with Gasteiger partial charge in [-0.25, -0.2) is 4.98 Å². The third kappa shape index (κ3) is 4.58. The quantitative estimate of drug-likeness (QED) is 0.722. The highest BCUT2D eigenvalue weighted by molar-refractivity contribution is 6.31. The Morgan fingerprint density at radius 3 is 2.79 bits per heavy atom. The van der Waals surface area contributed by atoms with Crippen LogP contribution in [0.3, 0.4) is 0 Å². The molecule has 0 bridgehead atoms. The second kappa shape index (κ2) is 8.71. The molecular formula is C19H20ClN5O3. The zero-order valence-corrected chi connectivity index (χ0v) is 16.1. The van der Waals surface area contributed by atoms with Crippen molar-refractivity contribution in [2.45, 2.75) is 12.5 Å². The highest BCUT2D eigenvalue weighted by Gasteiger charge is 2.27. The molecule has 2 aromatic rings. The third-order valence-corrected chi connectivity index (χ3v) is 4.56. The van der Waals surface area contributed by atoms with Gasteiger partial charge in [-0.15, -0.1) is 0 Å². The van der Waals surface area contributed by atoms with Gasteiger partial charge in [-0.05, 0) is 36.8 Å². The summed E-state index contributed by atoms with van der Waals surface area (Å²) in [6.45, 7) is 4.56. The van der Waals surface area contributed by atoms with E-state index in [4.69, 9.17) is 16.3 Å². The van der Waals surface area contributed by atoms with Gasteiger partial charge < -0.3 is 20.3 Å². The van der Waals surface area contributed by atoms with Crippen molar-refractivity contribution in [2.75, 3.05) is 30.8 Å². The van der Waals surface area contributed by atoms with Crippen LogP contribution in [0.1, 0.15) is 16.8 Å². The number of hydrogen-bond donors (Lipinski definition) is 2. The van der Waals surface area contributed by atoms with Gasteiger partial charge >= 0.3 is 0 Å². The molecule has 2 amide bonds. The number of ether oxygens (including phenoxy) is 1. The van der Waals surface area contributed by atoms with Gasteiger partial charge in [0.15, 0.2) is 0 Å². The standard InChI is InChI=1S/C19H20ClN5O3/c1-3-16(26)22-13-6-4-12(5-7-13)18(27)25-9-8-14(11-25)23-19-21-10-15(20)17(24-19)28-2/h3-7,10,14H,1,8-9,11H2,2H3,(H,22,26)(H,21,23,24)/t14-/m1/s1. The molecule has 1 aliphatic heterocycles. The van der Waals surface area contributed by atoms with E-state index >= 15 is 0 Å².